The van der Waals surface area contributed by atoms with Gasteiger partial charge in [0.1, 0.15) is 16.9 Å². The van der Waals surface area contributed by atoms with E-state index < -0.39 is 35.6 Å². The van der Waals surface area contributed by atoms with Crippen molar-refractivity contribution in [3.8, 4) is 5.75 Å². The number of rotatable bonds is 11. The molecule has 2 rings (SSSR count). The second-order valence-corrected chi connectivity index (χ2v) is 8.99. The number of nitrogens with one attached hydrogen (secondary N) is 3. The Morgan fingerprint density at radius 2 is 1.73 bits per heavy atom. The minimum Gasteiger partial charge on any atom is -0.497 e. The Balaban J connectivity index is 0.00000101. The summed E-state index contributed by atoms with van der Waals surface area (Å²) in [5.41, 5.74) is 9.98. The maximum absolute atomic E-state index is 12.3. The van der Waals surface area contributed by atoms with Gasteiger partial charge in [0.15, 0.2) is 0 Å². The third-order valence-electron chi connectivity index (χ3n) is 5.18. The normalized spacial score (nSPS) is 11.7. The number of methoxy groups -OCH3 is 1. The number of fused-ring (bicyclic) bond motifs is 1. The number of nitrogens with two attached hydrogens (primary N) is 1. The summed E-state index contributed by atoms with van der Waals surface area (Å²) in [7, 11) is 1.51. The molecule has 0 bridgehead atoms. The zero-order chi connectivity index (χ0) is 30.5. The molecule has 15 heteroatoms. The number of hydrogen-bond donors (Lipinski definition) is 5. The highest BCUT2D eigenvalue weighted by Crippen LogP contribution is 2.20. The van der Waals surface area contributed by atoms with Gasteiger partial charge in [0.2, 0.25) is 5.91 Å². The first kappa shape index (κ1) is 33.9. The van der Waals surface area contributed by atoms with Gasteiger partial charge in [-0.05, 0) is 43.4 Å². The number of hydrogen-bond acceptors (Lipinski definition) is 8. The van der Waals surface area contributed by atoms with E-state index in [4.69, 9.17) is 24.8 Å². The van der Waals surface area contributed by atoms with Crippen molar-refractivity contribution in [3.63, 3.8) is 0 Å². The van der Waals surface area contributed by atoms with Crippen molar-refractivity contribution in [2.24, 2.45) is 11.7 Å². The van der Waals surface area contributed by atoms with Crippen LogP contribution in [0, 0.1) is 5.92 Å². The Morgan fingerprint density at radius 1 is 1.07 bits per heavy atom. The summed E-state index contributed by atoms with van der Waals surface area (Å²) in [5, 5.41) is 10.4. The Bertz CT molecular complexity index is 1230. The predicted octanol–water partition coefficient (Wildman–Crippen LogP) is 2.25. The fourth-order valence-electron chi connectivity index (χ4n) is 3.16. The topological polar surface area (TPSA) is 190 Å². The van der Waals surface area contributed by atoms with Gasteiger partial charge < -0.3 is 25.3 Å². The van der Waals surface area contributed by atoms with Gasteiger partial charge in [-0.1, -0.05) is 20.3 Å². The number of ether oxygens (including phenoxy) is 1. The summed E-state index contributed by atoms with van der Waals surface area (Å²) >= 11 is 0. The van der Waals surface area contributed by atoms with Crippen LogP contribution in [0.2, 0.25) is 0 Å². The molecule has 0 aliphatic rings. The van der Waals surface area contributed by atoms with E-state index in [2.05, 4.69) is 16.2 Å². The van der Waals surface area contributed by atoms with Crippen LogP contribution in [0.4, 0.5) is 13.2 Å². The third-order valence-corrected chi connectivity index (χ3v) is 5.18. The van der Waals surface area contributed by atoms with Crippen LogP contribution in [0.3, 0.4) is 0 Å². The molecule has 6 N–H and O–H groups in total. The molecule has 0 aliphatic carbocycles. The van der Waals surface area contributed by atoms with Gasteiger partial charge in [0, 0.05) is 24.4 Å². The molecule has 1 heterocycles. The zero-order valence-corrected chi connectivity index (χ0v) is 22.2. The standard InChI is InChI=1S/C23H32N4O6.C2HF3O2/c1-14(2)11-18(24)22(30)27-26-20(28)7-5-4-6-10-25-21(29)17-12-15-8-9-16(32-3)13-19(15)33-23(17)31;3-2(4,5)1(6)7/h8-9,12-14,18H,4-7,10-11,24H2,1-3H3,(H,25,29)(H,26,28)(H,27,30);(H,6,7)/t18-;/m0./s1. The number of carbonyl (C=O) groups is 4. The van der Waals surface area contributed by atoms with Gasteiger partial charge in [0.05, 0.1) is 13.2 Å². The van der Waals surface area contributed by atoms with Crippen molar-refractivity contribution in [1.82, 2.24) is 16.2 Å². The molecule has 2 aromatic rings. The maximum atomic E-state index is 12.3. The molecular formula is C25H33F3N4O8. The number of carboxylic acid groups (broad SMARTS) is 1. The first-order valence-electron chi connectivity index (χ1n) is 12.2. The summed E-state index contributed by atoms with van der Waals surface area (Å²) in [6, 6.07) is 5.83. The first-order chi connectivity index (χ1) is 18.6. The van der Waals surface area contributed by atoms with Crippen molar-refractivity contribution >= 4 is 34.7 Å². The SMILES string of the molecule is COc1ccc2cc(C(=O)NCCCCCC(=O)NNC(=O)[C@@H](N)CC(C)C)c(=O)oc2c1.O=C(O)C(F)(F)F. The van der Waals surface area contributed by atoms with Gasteiger partial charge in [-0.15, -0.1) is 0 Å². The number of carboxylic acids is 1. The highest BCUT2D eigenvalue weighted by atomic mass is 19.4. The number of halogens is 3. The van der Waals surface area contributed by atoms with Crippen LogP contribution in [-0.4, -0.2) is 54.7 Å². The molecule has 12 nitrogen and oxygen atoms in total. The average Bonchev–Trinajstić information content (AvgIpc) is 2.87. The lowest BCUT2D eigenvalue weighted by Gasteiger charge is -2.14. The summed E-state index contributed by atoms with van der Waals surface area (Å²) in [6.07, 6.45) is -2.44. The molecule has 0 aliphatic heterocycles. The largest absolute Gasteiger partial charge is 0.497 e. The van der Waals surface area contributed by atoms with Crippen LogP contribution in [0.1, 0.15) is 56.3 Å². The maximum Gasteiger partial charge on any atom is 0.490 e. The molecule has 1 aromatic heterocycles. The number of hydrazine groups is 1. The molecule has 1 atom stereocenters. The molecule has 1 aromatic carbocycles. The van der Waals surface area contributed by atoms with Crippen LogP contribution in [0.25, 0.3) is 11.0 Å². The highest BCUT2D eigenvalue weighted by molar-refractivity contribution is 5.96. The Labute approximate surface area is 227 Å². The van der Waals surface area contributed by atoms with Crippen LogP contribution in [-0.2, 0) is 14.4 Å². The van der Waals surface area contributed by atoms with Crippen molar-refractivity contribution in [3.05, 3.63) is 40.2 Å². The smallest absolute Gasteiger partial charge is 0.490 e. The van der Waals surface area contributed by atoms with Crippen LogP contribution in [0.15, 0.2) is 33.5 Å². The van der Waals surface area contributed by atoms with Gasteiger partial charge in [-0.2, -0.15) is 13.2 Å². The van der Waals surface area contributed by atoms with Gasteiger partial charge in [-0.25, -0.2) is 9.59 Å². The second-order valence-electron chi connectivity index (χ2n) is 8.99. The lowest BCUT2D eigenvalue weighted by molar-refractivity contribution is -0.192. The van der Waals surface area contributed by atoms with E-state index in [0.717, 1.165) is 0 Å². The number of aliphatic carboxylic acids is 1. The molecule has 222 valence electrons. The number of alkyl halides is 3. The molecule has 0 saturated heterocycles. The third kappa shape index (κ3) is 12.1. The van der Waals surface area contributed by atoms with E-state index in [9.17, 15) is 32.3 Å². The second kappa shape index (κ2) is 16.1. The monoisotopic (exact) mass is 574 g/mol. The average molecular weight is 575 g/mol. The van der Waals surface area contributed by atoms with Crippen molar-refractivity contribution < 1.29 is 46.6 Å². The van der Waals surface area contributed by atoms with Crippen LogP contribution in [0.5, 0.6) is 5.75 Å². The molecule has 0 radical (unpaired) electrons. The Hall–Kier alpha value is -4.14. The number of benzene rings is 1. The van der Waals surface area contributed by atoms with E-state index >= 15 is 0 Å². The first-order valence-corrected chi connectivity index (χ1v) is 12.2. The minimum atomic E-state index is -5.08. The van der Waals surface area contributed by atoms with Crippen LogP contribution < -0.4 is 32.3 Å². The Kier molecular flexibility index (Phi) is 13.6. The highest BCUT2D eigenvalue weighted by Gasteiger charge is 2.38. The van der Waals surface area contributed by atoms with E-state index in [1.54, 1.807) is 18.2 Å². The minimum absolute atomic E-state index is 0.0709. The summed E-state index contributed by atoms with van der Waals surface area (Å²) in [6.45, 7) is 4.27. The van der Waals surface area contributed by atoms with Crippen molar-refractivity contribution in [2.45, 2.75) is 58.2 Å². The number of carbonyl (C=O) groups excluding carboxylic acids is 3. The molecule has 0 spiro atoms. The molecular weight excluding hydrogens is 541 g/mol. The van der Waals surface area contributed by atoms with Gasteiger partial charge in [-0.3, -0.25) is 25.2 Å². The molecule has 40 heavy (non-hydrogen) atoms. The van der Waals surface area contributed by atoms with Gasteiger partial charge >= 0.3 is 17.8 Å². The lowest BCUT2D eigenvalue weighted by Crippen LogP contribution is -2.49. The van der Waals surface area contributed by atoms with Crippen LogP contribution >= 0.6 is 0 Å². The molecule has 3 amide bonds. The van der Waals surface area contributed by atoms with Crippen molar-refractivity contribution in [1.29, 1.82) is 0 Å². The summed E-state index contributed by atoms with van der Waals surface area (Å²) < 4.78 is 42.1. The zero-order valence-electron chi connectivity index (χ0n) is 22.2. The molecule has 0 fully saturated rings. The fourth-order valence-corrected chi connectivity index (χ4v) is 3.16. The van der Waals surface area contributed by atoms with E-state index in [1.807, 2.05) is 13.8 Å². The van der Waals surface area contributed by atoms with E-state index in [-0.39, 0.29) is 23.8 Å². The quantitative estimate of drug-likeness (QED) is 0.152. The number of amides is 3. The fraction of sp³-hybridized carbons (Fsp3) is 0.480. The van der Waals surface area contributed by atoms with Crippen molar-refractivity contribution in [2.75, 3.05) is 13.7 Å². The molecule has 0 saturated carbocycles. The summed E-state index contributed by atoms with van der Waals surface area (Å²) in [4.78, 5) is 57.0. The summed E-state index contributed by atoms with van der Waals surface area (Å²) in [5.74, 6) is -3.17. The van der Waals surface area contributed by atoms with Gasteiger partial charge in [0.25, 0.3) is 11.8 Å². The van der Waals surface area contributed by atoms with E-state index in [0.29, 0.717) is 48.9 Å². The Morgan fingerprint density at radius 3 is 2.30 bits per heavy atom. The molecule has 0 unspecified atom stereocenters. The predicted molar refractivity (Wildman–Crippen MR) is 137 cm³/mol. The number of unbranched alkanes of at least 4 members (excludes halogenated alkanes) is 2. The lowest BCUT2D eigenvalue weighted by atomic mass is 10.0. The van der Waals surface area contributed by atoms with E-state index in [1.165, 1.54) is 13.2 Å².